The molecule has 10 nitrogen and oxygen atoms in total. The summed E-state index contributed by atoms with van der Waals surface area (Å²) in [6.45, 7) is 1.89. The van der Waals surface area contributed by atoms with Crippen LogP contribution in [-0.4, -0.2) is 39.9 Å². The molecule has 0 saturated carbocycles. The van der Waals surface area contributed by atoms with Gasteiger partial charge < -0.3 is 25.2 Å². The Morgan fingerprint density at radius 3 is 2.18 bits per heavy atom. The highest BCUT2D eigenvalue weighted by Gasteiger charge is 2.32. The maximum Gasteiger partial charge on any atom is 0.243 e. The second-order valence-electron chi connectivity index (χ2n) is 12.6. The molecule has 1 aliphatic rings. The van der Waals surface area contributed by atoms with Crippen LogP contribution in [-0.2, 0) is 37.0 Å². The monoisotopic (exact) mass is 711 g/mol. The van der Waals surface area contributed by atoms with E-state index in [1.807, 2.05) is 78.9 Å². The van der Waals surface area contributed by atoms with Crippen LogP contribution in [0.15, 0.2) is 102 Å². The van der Waals surface area contributed by atoms with Crippen molar-refractivity contribution in [3.63, 3.8) is 0 Å². The van der Waals surface area contributed by atoms with Gasteiger partial charge in [-0.25, -0.2) is 5.48 Å². The van der Waals surface area contributed by atoms with Gasteiger partial charge in [0.2, 0.25) is 17.7 Å². The molecule has 1 heterocycles. The molecule has 1 saturated heterocycles. The molecule has 4 aromatic rings. The van der Waals surface area contributed by atoms with Crippen LogP contribution in [0.2, 0.25) is 0 Å². The number of benzene rings is 4. The molecule has 5 rings (SSSR count). The van der Waals surface area contributed by atoms with Crippen molar-refractivity contribution < 1.29 is 34.2 Å². The number of rotatable bonds is 16. The third-order valence-corrected chi connectivity index (χ3v) is 9.73. The lowest BCUT2D eigenvalue weighted by Crippen LogP contribution is -2.31. The fraction of sp³-hybridized carbons (Fsp3) is 0.325. The lowest BCUT2D eigenvalue weighted by atomic mass is 9.99. The summed E-state index contributed by atoms with van der Waals surface area (Å²) < 4.78 is 13.1. The summed E-state index contributed by atoms with van der Waals surface area (Å²) in [4.78, 5) is 35.9. The van der Waals surface area contributed by atoms with Crippen LogP contribution < -0.4 is 16.1 Å². The van der Waals surface area contributed by atoms with Crippen molar-refractivity contribution >= 4 is 35.2 Å². The Hall–Kier alpha value is -4.52. The van der Waals surface area contributed by atoms with Gasteiger partial charge in [-0.3, -0.25) is 19.6 Å². The first-order valence-electron chi connectivity index (χ1n) is 17.2. The van der Waals surface area contributed by atoms with Gasteiger partial charge in [-0.05, 0) is 71.0 Å². The summed E-state index contributed by atoms with van der Waals surface area (Å²) in [7, 11) is 0. The molecule has 4 aromatic carbocycles. The van der Waals surface area contributed by atoms with Crippen molar-refractivity contribution in [3.8, 4) is 11.1 Å². The van der Waals surface area contributed by atoms with Crippen molar-refractivity contribution in [3.05, 3.63) is 119 Å². The molecule has 0 bridgehead atoms. The van der Waals surface area contributed by atoms with E-state index in [1.165, 1.54) is 6.92 Å². The number of carbonyl (C=O) groups excluding carboxylic acids is 3. The molecule has 1 aliphatic heterocycles. The fourth-order valence-electron chi connectivity index (χ4n) is 5.84. The molecular weight excluding hydrogens is 667 g/mol. The smallest absolute Gasteiger partial charge is 0.243 e. The van der Waals surface area contributed by atoms with Crippen molar-refractivity contribution in [2.24, 2.45) is 0 Å². The van der Waals surface area contributed by atoms with E-state index in [0.717, 1.165) is 56.1 Å². The van der Waals surface area contributed by atoms with E-state index in [2.05, 4.69) is 28.8 Å². The van der Waals surface area contributed by atoms with E-state index in [1.54, 1.807) is 17.2 Å². The Morgan fingerprint density at radius 1 is 0.784 bits per heavy atom. The molecule has 51 heavy (non-hydrogen) atoms. The molecule has 0 aromatic heterocycles. The maximum absolute atomic E-state index is 12.4. The number of unbranched alkanes of at least 4 members (excludes halogenated alkanes) is 2. The predicted octanol–water partition coefficient (Wildman–Crippen LogP) is 7.21. The zero-order valence-corrected chi connectivity index (χ0v) is 29.5. The number of aliphatic hydroxyl groups excluding tert-OH is 1. The number of anilines is 1. The molecule has 5 N–H and O–H groups in total. The van der Waals surface area contributed by atoms with Crippen molar-refractivity contribution in [2.75, 3.05) is 11.1 Å². The Bertz CT molecular complexity index is 1730. The van der Waals surface area contributed by atoms with E-state index >= 15 is 0 Å². The van der Waals surface area contributed by atoms with E-state index in [4.69, 9.17) is 14.7 Å². The minimum Gasteiger partial charge on any atom is -0.392 e. The highest BCUT2D eigenvalue weighted by Crippen LogP contribution is 2.40. The second kappa shape index (κ2) is 19.2. The van der Waals surface area contributed by atoms with E-state index in [9.17, 15) is 19.5 Å². The van der Waals surface area contributed by atoms with E-state index in [-0.39, 0.29) is 37.0 Å². The highest BCUT2D eigenvalue weighted by atomic mass is 32.2. The average Bonchev–Trinajstić information content (AvgIpc) is 3.16. The van der Waals surface area contributed by atoms with Crippen LogP contribution in [0.3, 0.4) is 0 Å². The van der Waals surface area contributed by atoms with Crippen LogP contribution in [0.1, 0.15) is 80.1 Å². The molecule has 11 heteroatoms. The molecule has 0 radical (unpaired) electrons. The van der Waals surface area contributed by atoms with E-state index in [0.29, 0.717) is 32.2 Å². The SMILES string of the molecule is CC(=O)Nc1ccc(SC[C@@H]2C[C@H](c3ccc(CO)cc3)O[C@H](c3ccc(-c4cccc(CNC(=O)CCCCCC(=O)NO)c4)cc3)O2)cc1. The molecule has 0 aliphatic carbocycles. The number of hydrogen-bond donors (Lipinski definition) is 5. The van der Waals surface area contributed by atoms with Gasteiger partial charge >= 0.3 is 0 Å². The molecular formula is C40H45N3O7S. The number of amides is 3. The van der Waals surface area contributed by atoms with Crippen LogP contribution in [0.5, 0.6) is 0 Å². The number of carbonyl (C=O) groups is 3. The number of hydroxylamine groups is 1. The van der Waals surface area contributed by atoms with Gasteiger partial charge in [0.05, 0.1) is 18.8 Å². The summed E-state index contributed by atoms with van der Waals surface area (Å²) >= 11 is 1.70. The third-order valence-electron chi connectivity index (χ3n) is 8.59. The Labute approximate surface area is 302 Å². The number of nitrogens with one attached hydrogen (secondary N) is 3. The molecule has 1 fully saturated rings. The fourth-order valence-corrected chi connectivity index (χ4v) is 6.76. The summed E-state index contributed by atoms with van der Waals surface area (Å²) in [6, 6.07) is 31.9. The second-order valence-corrected chi connectivity index (χ2v) is 13.7. The first-order chi connectivity index (χ1) is 24.8. The first-order valence-corrected chi connectivity index (χ1v) is 18.2. The lowest BCUT2D eigenvalue weighted by Gasteiger charge is -2.36. The van der Waals surface area contributed by atoms with Crippen molar-refractivity contribution in [1.82, 2.24) is 10.8 Å². The van der Waals surface area contributed by atoms with Gasteiger partial charge in [-0.1, -0.05) is 73.2 Å². The Balaban J connectivity index is 1.21. The standard InChI is InChI=1S/C40H45N3O7S/c1-27(45)42-34-18-20-36(21-19-34)51-26-35-23-37(31-12-10-28(25-44)11-13-31)50-40(49-35)32-16-14-30(15-17-32)33-7-5-6-29(22-33)24-41-38(46)8-3-2-4-9-39(47)43-48/h5-7,10-22,35,37,40,44,48H,2-4,8-9,23-26H2,1H3,(H,41,46)(H,42,45)(H,43,47)/t35-,37+,40+/m0/s1. The summed E-state index contributed by atoms with van der Waals surface area (Å²) in [5, 5.41) is 23.9. The summed E-state index contributed by atoms with van der Waals surface area (Å²) in [6.07, 6.45) is 2.48. The molecule has 0 spiro atoms. The Morgan fingerprint density at radius 2 is 1.49 bits per heavy atom. The molecule has 3 amide bonds. The van der Waals surface area contributed by atoms with Gasteiger partial charge in [-0.15, -0.1) is 11.8 Å². The number of aliphatic hydroxyl groups is 1. The lowest BCUT2D eigenvalue weighted by molar-refractivity contribution is -0.245. The zero-order chi connectivity index (χ0) is 36.0. The van der Waals surface area contributed by atoms with Crippen molar-refractivity contribution in [2.45, 2.75) is 82.0 Å². The molecule has 3 atom stereocenters. The van der Waals surface area contributed by atoms with Gasteiger partial charge in [0, 0.05) is 54.6 Å². The van der Waals surface area contributed by atoms with Gasteiger partial charge in [0.25, 0.3) is 0 Å². The minimum atomic E-state index is -0.573. The summed E-state index contributed by atoms with van der Waals surface area (Å²) in [5.41, 5.74) is 8.21. The summed E-state index contributed by atoms with van der Waals surface area (Å²) in [5.74, 6) is 0.161. The van der Waals surface area contributed by atoms with E-state index < -0.39 is 12.2 Å². The predicted molar refractivity (Wildman–Crippen MR) is 197 cm³/mol. The zero-order valence-electron chi connectivity index (χ0n) is 28.7. The van der Waals surface area contributed by atoms with Crippen LogP contribution in [0.25, 0.3) is 11.1 Å². The molecule has 0 unspecified atom stereocenters. The average molecular weight is 712 g/mol. The van der Waals surface area contributed by atoms with Crippen LogP contribution >= 0.6 is 11.8 Å². The van der Waals surface area contributed by atoms with Crippen LogP contribution in [0.4, 0.5) is 5.69 Å². The number of ether oxygens (including phenoxy) is 2. The van der Waals surface area contributed by atoms with Gasteiger partial charge in [-0.2, -0.15) is 0 Å². The maximum atomic E-state index is 12.4. The quantitative estimate of drug-likeness (QED) is 0.0355. The largest absolute Gasteiger partial charge is 0.392 e. The minimum absolute atomic E-state index is 0.0159. The number of thioether (sulfide) groups is 1. The normalized spacial score (nSPS) is 17.0. The number of hydrogen-bond acceptors (Lipinski definition) is 8. The third kappa shape index (κ3) is 11.8. The highest BCUT2D eigenvalue weighted by molar-refractivity contribution is 7.99. The Kier molecular flexibility index (Phi) is 14.2. The topological polar surface area (TPSA) is 146 Å². The van der Waals surface area contributed by atoms with Gasteiger partial charge in [0.1, 0.15) is 0 Å². The van der Waals surface area contributed by atoms with Gasteiger partial charge in [0.15, 0.2) is 6.29 Å². The molecule has 268 valence electrons. The van der Waals surface area contributed by atoms with Crippen LogP contribution in [0, 0.1) is 0 Å². The van der Waals surface area contributed by atoms with Crippen molar-refractivity contribution in [1.29, 1.82) is 0 Å². The first kappa shape index (κ1) is 37.7.